The van der Waals surface area contributed by atoms with Gasteiger partial charge >= 0.3 is 0 Å². The van der Waals surface area contributed by atoms with E-state index in [0.29, 0.717) is 0 Å². The average molecular weight is 184 g/mol. The Morgan fingerprint density at radius 2 is 0.545 bits per heavy atom. The van der Waals surface area contributed by atoms with Crippen LogP contribution in [0, 0.1) is 37.7 Å². The predicted molar refractivity (Wildman–Crippen MR) is 50.4 cm³/mol. The van der Waals surface area contributed by atoms with Crippen molar-refractivity contribution in [3.63, 3.8) is 0 Å². The van der Waals surface area contributed by atoms with Crippen molar-refractivity contribution in [3.05, 3.63) is 0 Å². The van der Waals surface area contributed by atoms with E-state index in [1.165, 1.54) is 38.5 Å². The molecule has 1 heteroatoms. The zero-order chi connectivity index (χ0) is 8.24. The van der Waals surface area contributed by atoms with Gasteiger partial charge in [-0.1, -0.05) is 66.2 Å². The van der Waals surface area contributed by atoms with Crippen molar-refractivity contribution < 1.29 is 37.7 Å². The standard InChI is InChI=1S/C6H12.2C2H6.Ar/c1-2-4-6-5-3-1;2*1-2;/h1-6H2;2*1-2H3;. The minimum Gasteiger partial charge on any atom is -0.0683 e. The first-order valence-electron chi connectivity index (χ1n) is 5.00. The van der Waals surface area contributed by atoms with Crippen molar-refractivity contribution >= 4 is 0 Å². The van der Waals surface area contributed by atoms with Gasteiger partial charge in [0.1, 0.15) is 0 Å². The Kier molecular flexibility index (Phi) is 37.1. The topological polar surface area (TPSA) is 0 Å². The van der Waals surface area contributed by atoms with Crippen LogP contribution in [0.1, 0.15) is 66.2 Å². The molecule has 0 saturated heterocycles. The first-order chi connectivity index (χ1) is 5.00. The molecule has 0 nitrogen and oxygen atoms in total. The van der Waals surface area contributed by atoms with Gasteiger partial charge in [0, 0.05) is 37.7 Å². The summed E-state index contributed by atoms with van der Waals surface area (Å²) in [4.78, 5) is 0. The first-order valence-corrected chi connectivity index (χ1v) is 5.00. The van der Waals surface area contributed by atoms with Crippen LogP contribution in [0.25, 0.3) is 0 Å². The molecule has 11 heavy (non-hydrogen) atoms. The van der Waals surface area contributed by atoms with Gasteiger partial charge in [-0.3, -0.25) is 0 Å². The second-order valence-electron chi connectivity index (χ2n) is 2.12. The molecule has 0 radical (unpaired) electrons. The summed E-state index contributed by atoms with van der Waals surface area (Å²) < 4.78 is 0. The summed E-state index contributed by atoms with van der Waals surface area (Å²) in [5.74, 6) is 0. The van der Waals surface area contributed by atoms with Gasteiger partial charge in [-0.2, -0.15) is 0 Å². The fourth-order valence-corrected chi connectivity index (χ4v) is 1.06. The Bertz CT molecular complexity index is 20.3. The zero-order valence-corrected chi connectivity index (χ0v) is 9.30. The molecule has 0 N–H and O–H groups in total. The van der Waals surface area contributed by atoms with Crippen molar-refractivity contribution in [1.82, 2.24) is 0 Å². The van der Waals surface area contributed by atoms with E-state index in [0.717, 1.165) is 0 Å². The summed E-state index contributed by atoms with van der Waals surface area (Å²) in [5, 5.41) is 0. The number of rotatable bonds is 0. The summed E-state index contributed by atoms with van der Waals surface area (Å²) >= 11 is 0. The summed E-state index contributed by atoms with van der Waals surface area (Å²) in [6, 6.07) is 0. The molecular formula is C10H24Ar. The maximum Gasteiger partial charge on any atom is 0 e. The summed E-state index contributed by atoms with van der Waals surface area (Å²) in [6.45, 7) is 8.00. The number of hydrogen-bond acceptors (Lipinski definition) is 0. The SMILES string of the molecule is C1CCCCC1.CC.CC.[Ar]. The third-order valence-electron chi connectivity index (χ3n) is 1.50. The Morgan fingerprint density at radius 1 is 0.455 bits per heavy atom. The second-order valence-corrected chi connectivity index (χ2v) is 2.12. The van der Waals surface area contributed by atoms with E-state index in [9.17, 15) is 0 Å². The minimum atomic E-state index is 0. The van der Waals surface area contributed by atoms with E-state index in [4.69, 9.17) is 0 Å². The second kappa shape index (κ2) is 22.5. The van der Waals surface area contributed by atoms with Gasteiger partial charge in [0.05, 0.1) is 0 Å². The Hall–Kier alpha value is 1.26. The van der Waals surface area contributed by atoms with E-state index in [-0.39, 0.29) is 37.7 Å². The summed E-state index contributed by atoms with van der Waals surface area (Å²) in [6.07, 6.45) is 9.00. The van der Waals surface area contributed by atoms with Crippen LogP contribution in [0.15, 0.2) is 0 Å². The van der Waals surface area contributed by atoms with Crippen LogP contribution >= 0.6 is 0 Å². The van der Waals surface area contributed by atoms with Crippen LogP contribution in [0.2, 0.25) is 0 Å². The molecule has 1 aliphatic carbocycles. The van der Waals surface area contributed by atoms with Crippen LogP contribution in [0.3, 0.4) is 0 Å². The maximum atomic E-state index is 2.00. The van der Waals surface area contributed by atoms with Gasteiger partial charge in [-0.15, -0.1) is 0 Å². The Morgan fingerprint density at radius 3 is 0.636 bits per heavy atom. The van der Waals surface area contributed by atoms with Gasteiger partial charge in [-0.05, 0) is 0 Å². The van der Waals surface area contributed by atoms with Crippen molar-refractivity contribution in [2.75, 3.05) is 0 Å². The molecule has 0 aliphatic heterocycles. The Labute approximate surface area is 103 Å². The molecular weight excluding hydrogens is 160 g/mol. The maximum absolute atomic E-state index is 2.00. The van der Waals surface area contributed by atoms with Crippen molar-refractivity contribution in [2.24, 2.45) is 0 Å². The molecule has 0 heterocycles. The predicted octanol–water partition coefficient (Wildman–Crippen LogP) is 4.39. The third kappa shape index (κ3) is 18.3. The Balaban J connectivity index is -0.000000114. The van der Waals surface area contributed by atoms with Gasteiger partial charge in [0.15, 0.2) is 0 Å². The van der Waals surface area contributed by atoms with Crippen molar-refractivity contribution in [3.8, 4) is 0 Å². The third-order valence-corrected chi connectivity index (χ3v) is 1.50. The fourth-order valence-electron chi connectivity index (χ4n) is 1.06. The van der Waals surface area contributed by atoms with Gasteiger partial charge in [-0.25, -0.2) is 0 Å². The molecule has 0 bridgehead atoms. The van der Waals surface area contributed by atoms with E-state index < -0.39 is 0 Å². The quantitative estimate of drug-likeness (QED) is 0.523. The van der Waals surface area contributed by atoms with Gasteiger partial charge in [0.2, 0.25) is 0 Å². The largest absolute Gasteiger partial charge is 0.0683 e. The van der Waals surface area contributed by atoms with Crippen molar-refractivity contribution in [2.45, 2.75) is 66.2 Å². The molecule has 0 atom stereocenters. The number of hydrogen-bond donors (Lipinski definition) is 0. The van der Waals surface area contributed by atoms with E-state index in [2.05, 4.69) is 0 Å². The molecule has 1 aliphatic rings. The van der Waals surface area contributed by atoms with Crippen molar-refractivity contribution in [1.29, 1.82) is 0 Å². The fraction of sp³-hybridized carbons (Fsp3) is 1.00. The van der Waals surface area contributed by atoms with E-state index in [1.54, 1.807) is 0 Å². The van der Waals surface area contributed by atoms with Crippen LogP contribution < -0.4 is 0 Å². The molecule has 72 valence electrons. The van der Waals surface area contributed by atoms with Crippen LogP contribution in [0.5, 0.6) is 0 Å². The smallest absolute Gasteiger partial charge is 0 e. The molecule has 1 fully saturated rings. The molecule has 0 aromatic heterocycles. The molecule has 1 saturated carbocycles. The van der Waals surface area contributed by atoms with Gasteiger partial charge in [0.25, 0.3) is 0 Å². The molecule has 1 rings (SSSR count). The van der Waals surface area contributed by atoms with Crippen LogP contribution in [0.4, 0.5) is 0 Å². The van der Waals surface area contributed by atoms with Crippen LogP contribution in [-0.2, 0) is 0 Å². The molecule has 0 aromatic carbocycles. The summed E-state index contributed by atoms with van der Waals surface area (Å²) in [5.41, 5.74) is 0. The minimum absolute atomic E-state index is 0. The zero-order valence-electron chi connectivity index (χ0n) is 8.60. The molecule has 0 unspecified atom stereocenters. The average Bonchev–Trinajstić information content (AvgIpc) is 2.14. The normalized spacial score (nSPS) is 14.2. The van der Waals surface area contributed by atoms with E-state index >= 15 is 0 Å². The van der Waals surface area contributed by atoms with Crippen LogP contribution in [-0.4, -0.2) is 0 Å². The monoisotopic (exact) mass is 184 g/mol. The molecule has 0 spiro atoms. The van der Waals surface area contributed by atoms with Gasteiger partial charge < -0.3 is 0 Å². The molecule has 0 aromatic rings. The van der Waals surface area contributed by atoms with E-state index in [1.807, 2.05) is 27.7 Å². The first kappa shape index (κ1) is 18.1. The summed E-state index contributed by atoms with van der Waals surface area (Å²) in [7, 11) is 0. The molecule has 0 amide bonds.